The summed E-state index contributed by atoms with van der Waals surface area (Å²) in [5, 5.41) is 4.31. The number of pyridine rings is 1. The highest BCUT2D eigenvalue weighted by Crippen LogP contribution is 2.30. The molecule has 0 radical (unpaired) electrons. The highest BCUT2D eigenvalue weighted by molar-refractivity contribution is 6.31. The summed E-state index contributed by atoms with van der Waals surface area (Å²) in [6, 6.07) is 8.66. The van der Waals surface area contributed by atoms with Crippen molar-refractivity contribution in [2.24, 2.45) is 0 Å². The lowest BCUT2D eigenvalue weighted by Gasteiger charge is -2.22. The van der Waals surface area contributed by atoms with E-state index in [-0.39, 0.29) is 6.04 Å². The van der Waals surface area contributed by atoms with Crippen molar-refractivity contribution in [1.29, 1.82) is 0 Å². The van der Waals surface area contributed by atoms with Crippen molar-refractivity contribution in [3.63, 3.8) is 0 Å². The molecule has 1 aromatic carbocycles. The van der Waals surface area contributed by atoms with Crippen LogP contribution in [0.15, 0.2) is 36.7 Å². The van der Waals surface area contributed by atoms with Crippen LogP contribution in [-0.2, 0) is 0 Å². The minimum absolute atomic E-state index is 0.116. The van der Waals surface area contributed by atoms with Gasteiger partial charge in [0.1, 0.15) is 0 Å². The van der Waals surface area contributed by atoms with Gasteiger partial charge in [0.15, 0.2) is 0 Å². The number of hydrogen-bond acceptors (Lipinski definition) is 2. The zero-order valence-corrected chi connectivity index (χ0v) is 13.0. The van der Waals surface area contributed by atoms with E-state index in [4.69, 9.17) is 11.6 Å². The van der Waals surface area contributed by atoms with Gasteiger partial charge in [0.2, 0.25) is 0 Å². The molecule has 0 saturated carbocycles. The molecule has 0 aliphatic heterocycles. The molecule has 0 spiro atoms. The van der Waals surface area contributed by atoms with Crippen molar-refractivity contribution in [2.45, 2.75) is 33.2 Å². The molecular formula is C17H21ClN2. The maximum Gasteiger partial charge on any atom is 0.0640 e. The van der Waals surface area contributed by atoms with Crippen LogP contribution in [0.1, 0.15) is 41.6 Å². The summed E-state index contributed by atoms with van der Waals surface area (Å²) in [6.45, 7) is 7.39. The summed E-state index contributed by atoms with van der Waals surface area (Å²) in [4.78, 5) is 4.08. The van der Waals surface area contributed by atoms with Crippen LogP contribution in [-0.4, -0.2) is 11.5 Å². The van der Waals surface area contributed by atoms with Crippen molar-refractivity contribution in [2.75, 3.05) is 6.54 Å². The Bertz CT molecular complexity index is 581. The summed E-state index contributed by atoms with van der Waals surface area (Å²) in [5.41, 5.74) is 4.91. The lowest BCUT2D eigenvalue weighted by atomic mass is 9.94. The van der Waals surface area contributed by atoms with E-state index in [9.17, 15) is 0 Å². The minimum Gasteiger partial charge on any atom is -0.306 e. The molecule has 1 heterocycles. The van der Waals surface area contributed by atoms with E-state index in [2.05, 4.69) is 49.3 Å². The second-order valence-electron chi connectivity index (χ2n) is 5.14. The van der Waals surface area contributed by atoms with Crippen LogP contribution in [0.3, 0.4) is 0 Å². The summed E-state index contributed by atoms with van der Waals surface area (Å²) in [5.74, 6) is 0. The average molecular weight is 289 g/mol. The van der Waals surface area contributed by atoms with Crippen LogP contribution in [0, 0.1) is 13.8 Å². The largest absolute Gasteiger partial charge is 0.306 e. The van der Waals surface area contributed by atoms with E-state index < -0.39 is 0 Å². The summed E-state index contributed by atoms with van der Waals surface area (Å²) >= 11 is 6.34. The molecule has 0 bridgehead atoms. The fraction of sp³-hybridized carbons (Fsp3) is 0.353. The van der Waals surface area contributed by atoms with Crippen LogP contribution < -0.4 is 5.32 Å². The third-order valence-electron chi connectivity index (χ3n) is 3.46. The average Bonchev–Trinajstić information content (AvgIpc) is 2.44. The zero-order chi connectivity index (χ0) is 14.5. The Morgan fingerprint density at radius 2 is 2.00 bits per heavy atom. The first-order valence-electron chi connectivity index (χ1n) is 7.03. The van der Waals surface area contributed by atoms with Gasteiger partial charge in [-0.3, -0.25) is 4.98 Å². The Morgan fingerprint density at radius 1 is 1.20 bits per heavy atom. The third kappa shape index (κ3) is 3.38. The lowest BCUT2D eigenvalue weighted by molar-refractivity contribution is 0.595. The van der Waals surface area contributed by atoms with Gasteiger partial charge in [-0.25, -0.2) is 0 Å². The Kier molecular flexibility index (Phi) is 5.16. The number of nitrogens with one attached hydrogen (secondary N) is 1. The Labute approximate surface area is 126 Å². The van der Waals surface area contributed by atoms with Crippen molar-refractivity contribution in [3.8, 4) is 0 Å². The standard InChI is InChI=1S/C17H21ClN2/c1-4-8-20-17(14-7-9-19-11-16(14)18)15-10-12(2)5-6-13(15)3/h5-7,9-11,17,20H,4,8H2,1-3H3. The number of nitrogens with zero attached hydrogens (tertiary/aromatic N) is 1. The van der Waals surface area contributed by atoms with Crippen molar-refractivity contribution >= 4 is 11.6 Å². The molecule has 3 heteroatoms. The Balaban J connectivity index is 2.47. The minimum atomic E-state index is 0.116. The Morgan fingerprint density at radius 3 is 2.70 bits per heavy atom. The second kappa shape index (κ2) is 6.87. The fourth-order valence-corrected chi connectivity index (χ4v) is 2.60. The van der Waals surface area contributed by atoms with Gasteiger partial charge in [0.25, 0.3) is 0 Å². The van der Waals surface area contributed by atoms with Crippen LogP contribution in [0.4, 0.5) is 0 Å². The molecular weight excluding hydrogens is 268 g/mol. The number of halogens is 1. The zero-order valence-electron chi connectivity index (χ0n) is 12.3. The van der Waals surface area contributed by atoms with E-state index in [0.717, 1.165) is 18.5 Å². The monoisotopic (exact) mass is 288 g/mol. The number of rotatable bonds is 5. The van der Waals surface area contributed by atoms with E-state index in [0.29, 0.717) is 5.02 Å². The summed E-state index contributed by atoms with van der Waals surface area (Å²) in [7, 11) is 0. The van der Waals surface area contributed by atoms with E-state index >= 15 is 0 Å². The van der Waals surface area contributed by atoms with Crippen molar-refractivity contribution in [3.05, 3.63) is 63.9 Å². The molecule has 0 aliphatic rings. The molecule has 1 atom stereocenters. The molecule has 2 nitrogen and oxygen atoms in total. The smallest absolute Gasteiger partial charge is 0.0640 e. The second-order valence-corrected chi connectivity index (χ2v) is 5.55. The van der Waals surface area contributed by atoms with E-state index in [1.165, 1.54) is 16.7 Å². The highest BCUT2D eigenvalue weighted by Gasteiger charge is 2.18. The number of aromatic nitrogens is 1. The molecule has 0 saturated heterocycles. The van der Waals surface area contributed by atoms with Crippen LogP contribution >= 0.6 is 11.6 Å². The normalized spacial score (nSPS) is 12.4. The van der Waals surface area contributed by atoms with Gasteiger partial charge < -0.3 is 5.32 Å². The van der Waals surface area contributed by atoms with Crippen LogP contribution in [0.25, 0.3) is 0 Å². The van der Waals surface area contributed by atoms with Crippen molar-refractivity contribution < 1.29 is 0 Å². The molecule has 0 amide bonds. The maximum absolute atomic E-state index is 6.34. The first-order valence-corrected chi connectivity index (χ1v) is 7.41. The van der Waals surface area contributed by atoms with Gasteiger partial charge in [0.05, 0.1) is 11.1 Å². The van der Waals surface area contributed by atoms with Gasteiger partial charge in [-0.2, -0.15) is 0 Å². The molecule has 0 fully saturated rings. The van der Waals surface area contributed by atoms with Gasteiger partial charge in [-0.1, -0.05) is 42.3 Å². The maximum atomic E-state index is 6.34. The molecule has 106 valence electrons. The van der Waals surface area contributed by atoms with Gasteiger partial charge in [-0.05, 0) is 49.6 Å². The molecule has 1 N–H and O–H groups in total. The van der Waals surface area contributed by atoms with E-state index in [1.54, 1.807) is 12.4 Å². The quantitative estimate of drug-likeness (QED) is 0.880. The summed E-state index contributed by atoms with van der Waals surface area (Å²) in [6.07, 6.45) is 4.60. The summed E-state index contributed by atoms with van der Waals surface area (Å²) < 4.78 is 0. The van der Waals surface area contributed by atoms with Gasteiger partial charge in [0, 0.05) is 12.4 Å². The molecule has 1 unspecified atom stereocenters. The van der Waals surface area contributed by atoms with Gasteiger partial charge in [-0.15, -0.1) is 0 Å². The predicted octanol–water partition coefficient (Wildman–Crippen LogP) is 4.44. The topological polar surface area (TPSA) is 24.9 Å². The first kappa shape index (κ1) is 15.0. The van der Waals surface area contributed by atoms with Crippen molar-refractivity contribution in [1.82, 2.24) is 10.3 Å². The van der Waals surface area contributed by atoms with E-state index in [1.807, 2.05) is 6.07 Å². The molecule has 2 rings (SSSR count). The van der Waals surface area contributed by atoms with Gasteiger partial charge >= 0.3 is 0 Å². The van der Waals surface area contributed by atoms with Crippen LogP contribution in [0.5, 0.6) is 0 Å². The SMILES string of the molecule is CCCNC(c1cc(C)ccc1C)c1ccncc1Cl. The van der Waals surface area contributed by atoms with Crippen LogP contribution in [0.2, 0.25) is 5.02 Å². The molecule has 0 aliphatic carbocycles. The molecule has 20 heavy (non-hydrogen) atoms. The highest BCUT2D eigenvalue weighted by atomic mass is 35.5. The molecule has 2 aromatic rings. The first-order chi connectivity index (χ1) is 9.63. The Hall–Kier alpha value is -1.38. The fourth-order valence-electron chi connectivity index (χ4n) is 2.37. The molecule has 1 aromatic heterocycles. The predicted molar refractivity (Wildman–Crippen MR) is 85.3 cm³/mol. The number of benzene rings is 1. The number of hydrogen-bond donors (Lipinski definition) is 1. The third-order valence-corrected chi connectivity index (χ3v) is 3.77. The lowest BCUT2D eigenvalue weighted by Crippen LogP contribution is -2.24. The number of aryl methyl sites for hydroxylation is 2.